The normalized spacial score (nSPS) is 12.0. The van der Waals surface area contributed by atoms with Crippen molar-refractivity contribution in [2.45, 2.75) is 121 Å². The third kappa shape index (κ3) is 21.7. The first-order valence-corrected chi connectivity index (χ1v) is 24.2. The molecule has 0 radical (unpaired) electrons. The molecule has 0 aromatic heterocycles. The summed E-state index contributed by atoms with van der Waals surface area (Å²) >= 11 is 0. The third-order valence-electron chi connectivity index (χ3n) is 10.2. The SMILES string of the molecule is CC(F)(F)CC(F)(F)S(=O)(=O)[O-].CCC(C)(C)C(=O)OCCN(C)C.CCC(C)(C)C(=O)Oc1ccc(O)cc1.CCC(C)(C)C(=O)Oc1ccc([S+](c2ccccc2)c2ccccc2)cc1. The van der Waals surface area contributed by atoms with E-state index in [-0.39, 0.29) is 46.9 Å². The zero-order chi connectivity index (χ0) is 51.4. The number of ether oxygens (including phenoxy) is 3. The molecular weight excluding hydrogens is 915 g/mol. The smallest absolute Gasteiger partial charge is 0.340 e. The second-order valence-electron chi connectivity index (χ2n) is 17.7. The standard InChI is InChI=1S/C24H25O2S.C12H16O3.C10H21NO2.C4H6F4O3S/c1-4-24(2,3)23(25)26-19-15-17-22(18-16-19)27(20-11-7-5-8-12-20)21-13-9-6-10-14-21;1-4-12(2,3)11(14)15-10-7-5-9(13)6-8-10;1-6-10(2,3)9(12)13-8-7-11(4)5;1-3(5,6)2-4(7,8)12(9,10)11/h5-18H,4H2,1-3H3;5-8,13H,4H2,1-3H3;6-8H2,1-5H3;2H2,1H3,(H,9,10,11)/q+1;;;/p-1. The Kier molecular flexibility index (Phi) is 23.8. The molecule has 4 aromatic rings. The number of phenols is 1. The lowest BCUT2D eigenvalue weighted by Crippen LogP contribution is -2.34. The molecule has 0 heterocycles. The number of esters is 3. The minimum absolute atomic E-state index is 0.100. The monoisotopic (exact) mass is 981 g/mol. The lowest BCUT2D eigenvalue weighted by Gasteiger charge is -2.22. The summed E-state index contributed by atoms with van der Waals surface area (Å²) in [6.07, 6.45) is -0.00106. The maximum Gasteiger partial charge on any atom is 0.340 e. The van der Waals surface area contributed by atoms with Crippen LogP contribution in [0.1, 0.15) is 94.9 Å². The Balaban J connectivity index is 0.000000481. The van der Waals surface area contributed by atoms with Gasteiger partial charge in [0.05, 0.1) is 33.6 Å². The van der Waals surface area contributed by atoms with Gasteiger partial charge in [0.25, 0.3) is 5.92 Å². The molecule has 0 atom stereocenters. The molecule has 0 unspecified atom stereocenters. The number of hydrogen-bond acceptors (Lipinski definition) is 11. The Bertz CT molecular complexity index is 2180. The minimum atomic E-state index is -6.00. The van der Waals surface area contributed by atoms with Crippen LogP contribution in [0.2, 0.25) is 0 Å². The summed E-state index contributed by atoms with van der Waals surface area (Å²) in [4.78, 5) is 41.1. The maximum absolute atomic E-state index is 12.3. The van der Waals surface area contributed by atoms with Crippen LogP contribution < -0.4 is 9.47 Å². The fourth-order valence-corrected chi connectivity index (χ4v) is 7.08. The third-order valence-corrected chi connectivity index (χ3v) is 13.3. The molecular formula is C50H67F4NO10S2. The van der Waals surface area contributed by atoms with Crippen LogP contribution in [0, 0.1) is 16.2 Å². The number of likely N-dealkylation sites (N-methyl/N-ethyl adjacent to an activating group) is 1. The molecule has 0 spiro atoms. The first-order valence-electron chi connectivity index (χ1n) is 21.5. The van der Waals surface area contributed by atoms with Crippen molar-refractivity contribution < 1.29 is 64.2 Å². The Labute approximate surface area is 397 Å². The summed E-state index contributed by atoms with van der Waals surface area (Å²) in [5, 5.41) is 4.14. The quantitative estimate of drug-likeness (QED) is 0.0353. The van der Waals surface area contributed by atoms with Gasteiger partial charge >= 0.3 is 23.2 Å². The topological polar surface area (TPSA) is 160 Å². The van der Waals surface area contributed by atoms with Crippen molar-refractivity contribution in [3.05, 3.63) is 109 Å². The molecule has 0 aliphatic carbocycles. The van der Waals surface area contributed by atoms with Gasteiger partial charge in [0, 0.05) is 6.54 Å². The fraction of sp³-hybridized carbons (Fsp3) is 0.460. The Morgan fingerprint density at radius 3 is 1.25 bits per heavy atom. The van der Waals surface area contributed by atoms with Gasteiger partial charge in [-0.15, -0.1) is 0 Å². The Hall–Kier alpha value is -4.97. The second kappa shape index (κ2) is 26.5. The lowest BCUT2D eigenvalue weighted by atomic mass is 9.91. The lowest BCUT2D eigenvalue weighted by molar-refractivity contribution is -0.154. The van der Waals surface area contributed by atoms with Gasteiger partial charge in [-0.05, 0) is 155 Å². The fourth-order valence-electron chi connectivity index (χ4n) is 4.57. The number of nitrogens with zero attached hydrogens (tertiary/aromatic N) is 1. The summed E-state index contributed by atoms with van der Waals surface area (Å²) in [7, 11) is -2.28. The number of alkyl halides is 4. The highest BCUT2D eigenvalue weighted by molar-refractivity contribution is 7.97. The van der Waals surface area contributed by atoms with E-state index in [4.69, 9.17) is 19.3 Å². The van der Waals surface area contributed by atoms with E-state index in [0.29, 0.717) is 18.1 Å². The van der Waals surface area contributed by atoms with Gasteiger partial charge in [-0.2, -0.15) is 8.78 Å². The van der Waals surface area contributed by atoms with Crippen LogP contribution in [0.4, 0.5) is 17.6 Å². The summed E-state index contributed by atoms with van der Waals surface area (Å²) < 4.78 is 92.8. The van der Waals surface area contributed by atoms with Crippen molar-refractivity contribution in [1.29, 1.82) is 0 Å². The number of hydrogen-bond donors (Lipinski definition) is 1. The molecule has 372 valence electrons. The average molecular weight is 982 g/mol. The number of phenolic OH excluding ortho intramolecular Hbond substituents is 1. The predicted octanol–water partition coefficient (Wildman–Crippen LogP) is 11.6. The van der Waals surface area contributed by atoms with Gasteiger partial charge in [-0.3, -0.25) is 14.4 Å². The van der Waals surface area contributed by atoms with Crippen LogP contribution >= 0.6 is 0 Å². The molecule has 1 N–H and O–H groups in total. The largest absolute Gasteiger partial charge is 0.743 e. The molecule has 0 amide bonds. The van der Waals surface area contributed by atoms with E-state index in [2.05, 4.69) is 60.7 Å². The molecule has 0 fully saturated rings. The molecule has 0 aliphatic heterocycles. The van der Waals surface area contributed by atoms with Crippen LogP contribution in [0.15, 0.2) is 124 Å². The molecule has 0 saturated carbocycles. The molecule has 11 nitrogen and oxygen atoms in total. The first kappa shape index (κ1) is 60.0. The van der Waals surface area contributed by atoms with Gasteiger partial charge in [0.1, 0.15) is 23.9 Å². The summed E-state index contributed by atoms with van der Waals surface area (Å²) in [6.45, 7) is 18.6. The van der Waals surface area contributed by atoms with Crippen LogP contribution in [0.3, 0.4) is 0 Å². The van der Waals surface area contributed by atoms with E-state index >= 15 is 0 Å². The van der Waals surface area contributed by atoms with Gasteiger partial charge < -0.3 is 28.8 Å². The highest BCUT2D eigenvalue weighted by Gasteiger charge is 2.45. The molecule has 4 rings (SSSR count). The Morgan fingerprint density at radius 2 is 0.940 bits per heavy atom. The van der Waals surface area contributed by atoms with E-state index in [1.165, 1.54) is 26.8 Å². The van der Waals surface area contributed by atoms with Gasteiger partial charge in [0.2, 0.25) is 0 Å². The van der Waals surface area contributed by atoms with Crippen LogP contribution in [-0.2, 0) is 40.1 Å². The summed E-state index contributed by atoms with van der Waals surface area (Å²) in [5.41, 5.74) is -1.29. The van der Waals surface area contributed by atoms with E-state index in [0.717, 1.165) is 25.8 Å². The molecule has 17 heteroatoms. The van der Waals surface area contributed by atoms with Crippen LogP contribution in [0.5, 0.6) is 17.2 Å². The minimum Gasteiger partial charge on any atom is -0.743 e. The zero-order valence-corrected chi connectivity index (χ0v) is 42.2. The van der Waals surface area contributed by atoms with E-state index in [1.807, 2.05) is 106 Å². The maximum atomic E-state index is 12.3. The number of rotatable bonds is 17. The van der Waals surface area contributed by atoms with Crippen LogP contribution in [0.25, 0.3) is 0 Å². The summed E-state index contributed by atoms with van der Waals surface area (Å²) in [6, 6.07) is 35.0. The van der Waals surface area contributed by atoms with Crippen molar-refractivity contribution in [3.63, 3.8) is 0 Å². The van der Waals surface area contributed by atoms with Crippen molar-refractivity contribution in [2.75, 3.05) is 27.2 Å². The first-order chi connectivity index (χ1) is 30.8. The average Bonchev–Trinajstić information content (AvgIpc) is 3.25. The highest BCUT2D eigenvalue weighted by Crippen LogP contribution is 2.34. The number of carbonyl (C=O) groups excluding carboxylic acids is 3. The predicted molar refractivity (Wildman–Crippen MR) is 252 cm³/mol. The van der Waals surface area contributed by atoms with Crippen molar-refractivity contribution >= 4 is 38.9 Å². The van der Waals surface area contributed by atoms with Crippen molar-refractivity contribution in [2.24, 2.45) is 16.2 Å². The molecule has 4 aromatic carbocycles. The van der Waals surface area contributed by atoms with E-state index in [1.54, 1.807) is 12.1 Å². The molecule has 0 aliphatic rings. The van der Waals surface area contributed by atoms with Gasteiger partial charge in [0.15, 0.2) is 24.8 Å². The number of halogens is 4. The van der Waals surface area contributed by atoms with E-state index in [9.17, 15) is 44.9 Å². The highest BCUT2D eigenvalue weighted by atomic mass is 32.2. The number of carbonyl (C=O) groups is 3. The second-order valence-corrected chi connectivity index (χ2v) is 21.2. The molecule has 67 heavy (non-hydrogen) atoms. The zero-order valence-electron chi connectivity index (χ0n) is 40.5. The van der Waals surface area contributed by atoms with Crippen molar-refractivity contribution in [3.8, 4) is 17.2 Å². The molecule has 0 saturated heterocycles. The van der Waals surface area contributed by atoms with Gasteiger partial charge in [-0.1, -0.05) is 57.2 Å². The van der Waals surface area contributed by atoms with Crippen LogP contribution in [-0.4, -0.2) is 79.3 Å². The van der Waals surface area contributed by atoms with E-state index < -0.39 is 38.5 Å². The Morgan fingerprint density at radius 1 is 0.597 bits per heavy atom. The molecule has 0 bridgehead atoms. The van der Waals surface area contributed by atoms with Gasteiger partial charge in [-0.25, -0.2) is 17.2 Å². The van der Waals surface area contributed by atoms with Crippen molar-refractivity contribution in [1.82, 2.24) is 4.90 Å². The summed E-state index contributed by atoms with van der Waals surface area (Å²) in [5.74, 6) is -3.23. The number of aromatic hydroxyl groups is 1. The number of benzene rings is 4.